The Morgan fingerprint density at radius 1 is 1.15 bits per heavy atom. The van der Waals surface area contributed by atoms with Crippen LogP contribution in [-0.2, 0) is 0 Å². The number of likely N-dealkylation sites (tertiary alicyclic amines) is 1. The number of fused-ring (bicyclic) bond motifs is 1. The summed E-state index contributed by atoms with van der Waals surface area (Å²) in [6.07, 6.45) is 6.04. The first kappa shape index (κ1) is 22.3. The van der Waals surface area contributed by atoms with Gasteiger partial charge < -0.3 is 10.1 Å². The number of aromatic nitrogens is 2. The fraction of sp³-hybridized carbons (Fsp3) is 0.500. The van der Waals surface area contributed by atoms with Gasteiger partial charge in [-0.15, -0.1) is 11.3 Å². The number of ether oxygens (including phenoxy) is 1. The maximum absolute atomic E-state index is 13.3. The monoisotopic (exact) mass is 464 g/mol. The summed E-state index contributed by atoms with van der Waals surface area (Å²) in [4.78, 5) is 27.0. The van der Waals surface area contributed by atoms with E-state index in [9.17, 15) is 4.79 Å². The number of hydrogen-bond donors (Lipinski definition) is 1. The summed E-state index contributed by atoms with van der Waals surface area (Å²) >= 11 is 1.50. The molecule has 33 heavy (non-hydrogen) atoms. The van der Waals surface area contributed by atoms with Crippen molar-refractivity contribution >= 4 is 27.5 Å². The Kier molecular flexibility index (Phi) is 6.34. The molecule has 2 aliphatic rings. The molecule has 3 aromatic rings. The zero-order valence-corrected chi connectivity index (χ0v) is 20.5. The molecule has 2 aromatic heterocycles. The molecule has 0 bridgehead atoms. The largest absolute Gasteiger partial charge is 0.497 e. The average molecular weight is 465 g/mol. The van der Waals surface area contributed by atoms with Gasteiger partial charge in [0.2, 0.25) is 0 Å². The normalized spacial score (nSPS) is 17.8. The number of nitrogens with zero attached hydrogens (tertiary/aromatic N) is 3. The molecule has 1 saturated heterocycles. The summed E-state index contributed by atoms with van der Waals surface area (Å²) in [5.41, 5.74) is 3.19. The SMILES string of the molecule is COc1ccc(C(CNC(=O)c2sc3nc(C4CC4)nc(C)c3c2C)N2CCCCC2)cc1. The number of carbonyl (C=O) groups excluding carboxylic acids is 1. The molecule has 1 aliphatic heterocycles. The highest BCUT2D eigenvalue weighted by Gasteiger charge is 2.29. The number of hydrogen-bond acceptors (Lipinski definition) is 6. The minimum Gasteiger partial charge on any atom is -0.497 e. The molecule has 1 aromatic carbocycles. The smallest absolute Gasteiger partial charge is 0.261 e. The molecule has 6 nitrogen and oxygen atoms in total. The molecule has 5 rings (SSSR count). The predicted molar refractivity (Wildman–Crippen MR) is 132 cm³/mol. The summed E-state index contributed by atoms with van der Waals surface area (Å²) < 4.78 is 5.34. The third-order valence-corrected chi connectivity index (χ3v) is 8.11. The van der Waals surface area contributed by atoms with Gasteiger partial charge in [0.1, 0.15) is 16.4 Å². The van der Waals surface area contributed by atoms with Crippen molar-refractivity contribution in [3.63, 3.8) is 0 Å². The summed E-state index contributed by atoms with van der Waals surface area (Å²) in [7, 11) is 1.68. The number of piperidine rings is 1. The molecular formula is C26H32N4O2S. The van der Waals surface area contributed by atoms with Crippen LogP contribution in [0.15, 0.2) is 24.3 Å². The molecular weight excluding hydrogens is 432 g/mol. The molecule has 1 unspecified atom stereocenters. The fourth-order valence-corrected chi connectivity index (χ4v) is 6.04. The second kappa shape index (κ2) is 9.39. The van der Waals surface area contributed by atoms with Crippen LogP contribution in [0.5, 0.6) is 5.75 Å². The lowest BCUT2D eigenvalue weighted by atomic mass is 10.0. The number of methoxy groups -OCH3 is 1. The minimum absolute atomic E-state index is 0.0154. The summed E-state index contributed by atoms with van der Waals surface area (Å²) in [6.45, 7) is 6.76. The van der Waals surface area contributed by atoms with E-state index < -0.39 is 0 Å². The Hall–Kier alpha value is -2.51. The lowest BCUT2D eigenvalue weighted by Gasteiger charge is -2.35. The van der Waals surface area contributed by atoms with Crippen LogP contribution in [0.3, 0.4) is 0 Å². The molecule has 3 heterocycles. The third kappa shape index (κ3) is 4.62. The van der Waals surface area contributed by atoms with Crippen LogP contribution < -0.4 is 10.1 Å². The number of rotatable bonds is 7. The fourth-order valence-electron chi connectivity index (χ4n) is 4.88. The van der Waals surface area contributed by atoms with Crippen molar-refractivity contribution < 1.29 is 9.53 Å². The molecule has 0 spiro atoms. The van der Waals surface area contributed by atoms with Crippen molar-refractivity contribution in [2.45, 2.75) is 57.9 Å². The molecule has 1 saturated carbocycles. The number of carbonyl (C=O) groups is 1. The van der Waals surface area contributed by atoms with Crippen molar-refractivity contribution in [3.8, 4) is 5.75 Å². The summed E-state index contributed by atoms with van der Waals surface area (Å²) in [5.74, 6) is 2.28. The predicted octanol–water partition coefficient (Wildman–Crippen LogP) is 5.15. The molecule has 174 valence electrons. The third-order valence-electron chi connectivity index (χ3n) is 6.93. The van der Waals surface area contributed by atoms with E-state index in [1.807, 2.05) is 26.0 Å². The van der Waals surface area contributed by atoms with Gasteiger partial charge in [-0.25, -0.2) is 9.97 Å². The number of thiophene rings is 1. The van der Waals surface area contributed by atoms with Crippen LogP contribution in [0, 0.1) is 13.8 Å². The van der Waals surface area contributed by atoms with Gasteiger partial charge in [0, 0.05) is 17.8 Å². The summed E-state index contributed by atoms with van der Waals surface area (Å²) in [6, 6.07) is 8.39. The van der Waals surface area contributed by atoms with Crippen LogP contribution in [0.25, 0.3) is 10.2 Å². The van der Waals surface area contributed by atoms with Crippen molar-refractivity contribution in [1.29, 1.82) is 0 Å². The zero-order chi connectivity index (χ0) is 22.9. The van der Waals surface area contributed by atoms with Gasteiger partial charge in [-0.05, 0) is 75.9 Å². The number of benzene rings is 1. The van der Waals surface area contributed by atoms with E-state index in [1.165, 1.54) is 49.0 Å². The highest BCUT2D eigenvalue weighted by molar-refractivity contribution is 7.20. The van der Waals surface area contributed by atoms with Gasteiger partial charge in [-0.1, -0.05) is 18.6 Å². The second-order valence-electron chi connectivity index (χ2n) is 9.27. The van der Waals surface area contributed by atoms with E-state index in [4.69, 9.17) is 14.7 Å². The standard InChI is InChI=1S/C26H32N4O2S/c1-16-22-17(2)28-24(19-7-8-19)29-26(22)33-23(16)25(31)27-15-21(30-13-5-4-6-14-30)18-9-11-20(32-3)12-10-18/h9-12,19,21H,4-8,13-15H2,1-3H3,(H,27,31). The van der Waals surface area contributed by atoms with Crippen molar-refractivity contribution in [2.75, 3.05) is 26.7 Å². The maximum Gasteiger partial charge on any atom is 0.261 e. The molecule has 1 atom stereocenters. The Morgan fingerprint density at radius 3 is 2.55 bits per heavy atom. The van der Waals surface area contributed by atoms with Gasteiger partial charge in [0.25, 0.3) is 5.91 Å². The van der Waals surface area contributed by atoms with Crippen molar-refractivity contribution in [3.05, 3.63) is 51.8 Å². The Balaban J connectivity index is 1.37. The molecule has 2 fully saturated rings. The quantitative estimate of drug-likeness (QED) is 0.524. The van der Waals surface area contributed by atoms with Crippen LogP contribution in [0.1, 0.15) is 76.4 Å². The number of aryl methyl sites for hydroxylation is 2. The van der Waals surface area contributed by atoms with Crippen LogP contribution in [-0.4, -0.2) is 47.5 Å². The Morgan fingerprint density at radius 2 is 1.88 bits per heavy atom. The topological polar surface area (TPSA) is 67.3 Å². The first-order valence-corrected chi connectivity index (χ1v) is 12.8. The zero-order valence-electron chi connectivity index (χ0n) is 19.7. The Bertz CT molecular complexity index is 1150. The minimum atomic E-state index is -0.0154. The van der Waals surface area contributed by atoms with Gasteiger partial charge in [-0.3, -0.25) is 9.69 Å². The number of amides is 1. The molecule has 1 N–H and O–H groups in total. The Labute approximate surface area is 199 Å². The molecule has 0 radical (unpaired) electrons. The van der Waals surface area contributed by atoms with Crippen LogP contribution in [0.2, 0.25) is 0 Å². The first-order valence-electron chi connectivity index (χ1n) is 12.0. The van der Waals surface area contributed by atoms with Crippen molar-refractivity contribution in [1.82, 2.24) is 20.2 Å². The van der Waals surface area contributed by atoms with E-state index in [1.54, 1.807) is 7.11 Å². The van der Waals surface area contributed by atoms with E-state index >= 15 is 0 Å². The van der Waals surface area contributed by atoms with E-state index in [0.29, 0.717) is 12.5 Å². The number of nitrogens with one attached hydrogen (secondary N) is 1. The lowest BCUT2D eigenvalue weighted by molar-refractivity contribution is 0.0928. The van der Waals surface area contributed by atoms with Gasteiger partial charge in [-0.2, -0.15) is 0 Å². The molecule has 7 heteroatoms. The summed E-state index contributed by atoms with van der Waals surface area (Å²) in [5, 5.41) is 4.28. The van der Waals surface area contributed by atoms with Gasteiger partial charge >= 0.3 is 0 Å². The molecule has 1 amide bonds. The van der Waals surface area contributed by atoms with Crippen LogP contribution >= 0.6 is 11.3 Å². The first-order chi connectivity index (χ1) is 16.0. The highest BCUT2D eigenvalue weighted by Crippen LogP contribution is 2.40. The van der Waals surface area contributed by atoms with E-state index in [2.05, 4.69) is 22.3 Å². The van der Waals surface area contributed by atoms with E-state index in [0.717, 1.165) is 51.0 Å². The van der Waals surface area contributed by atoms with Gasteiger partial charge in [0.15, 0.2) is 0 Å². The molecule has 1 aliphatic carbocycles. The van der Waals surface area contributed by atoms with Crippen LogP contribution in [0.4, 0.5) is 0 Å². The average Bonchev–Trinajstić information content (AvgIpc) is 3.63. The second-order valence-corrected chi connectivity index (χ2v) is 10.3. The van der Waals surface area contributed by atoms with Crippen molar-refractivity contribution in [2.24, 2.45) is 0 Å². The van der Waals surface area contributed by atoms with E-state index in [-0.39, 0.29) is 11.9 Å². The highest BCUT2D eigenvalue weighted by atomic mass is 32.1. The maximum atomic E-state index is 13.3. The lowest BCUT2D eigenvalue weighted by Crippen LogP contribution is -2.40. The van der Waals surface area contributed by atoms with Gasteiger partial charge in [0.05, 0.1) is 23.7 Å².